The summed E-state index contributed by atoms with van der Waals surface area (Å²) in [6.45, 7) is 2.56. The first-order valence-corrected chi connectivity index (χ1v) is 12.0. The van der Waals surface area contributed by atoms with E-state index < -0.39 is 15.8 Å². The van der Waals surface area contributed by atoms with Crippen LogP contribution in [0.2, 0.25) is 0 Å². The number of carbonyl (C=O) groups excluding carboxylic acids is 1. The van der Waals surface area contributed by atoms with Gasteiger partial charge in [0.15, 0.2) is 9.34 Å². The number of nitrogens with two attached hydrogens (primary N) is 1. The molecule has 0 spiro atoms. The van der Waals surface area contributed by atoms with Crippen LogP contribution < -0.4 is 14.9 Å². The highest BCUT2D eigenvalue weighted by Crippen LogP contribution is 2.33. The minimum atomic E-state index is -3.88. The molecule has 0 saturated carbocycles. The molecule has 32 heavy (non-hydrogen) atoms. The Bertz CT molecular complexity index is 1270. The Morgan fingerprint density at radius 2 is 1.88 bits per heavy atom. The lowest BCUT2D eigenvalue weighted by atomic mass is 9.97. The van der Waals surface area contributed by atoms with Crippen LogP contribution in [0, 0.1) is 18.7 Å². The molecule has 2 aromatic carbocycles. The highest BCUT2D eigenvalue weighted by molar-refractivity contribution is 7.91. The number of benzene rings is 2. The Morgan fingerprint density at radius 1 is 1.22 bits per heavy atom. The second-order valence-electron chi connectivity index (χ2n) is 7.66. The number of phenols is 1. The van der Waals surface area contributed by atoms with E-state index in [1.165, 1.54) is 24.0 Å². The molecule has 0 unspecified atom stereocenters. The van der Waals surface area contributed by atoms with Crippen LogP contribution in [0.5, 0.6) is 5.75 Å². The first-order chi connectivity index (χ1) is 15.0. The first kappa shape index (κ1) is 22.2. The summed E-state index contributed by atoms with van der Waals surface area (Å²) in [5.74, 6) is -1.04. The number of carbonyl (C=O) groups is 1. The molecule has 0 aliphatic carbocycles. The van der Waals surface area contributed by atoms with Gasteiger partial charge in [0.2, 0.25) is 15.9 Å². The predicted molar refractivity (Wildman–Crippen MR) is 121 cm³/mol. The number of hydrogen-bond acceptors (Lipinski definition) is 7. The van der Waals surface area contributed by atoms with Crippen molar-refractivity contribution in [3.63, 3.8) is 0 Å². The maximum atomic E-state index is 13.5. The number of nitrogens with zero attached hydrogens (tertiary/aromatic N) is 3. The molecule has 3 N–H and O–H groups in total. The molecule has 3 aromatic rings. The van der Waals surface area contributed by atoms with E-state index in [2.05, 4.69) is 4.98 Å². The molecule has 2 heterocycles. The number of aromatic hydroxyl groups is 1. The smallest absolute Gasteiger partial charge is 0.249 e. The number of anilines is 2. The minimum Gasteiger partial charge on any atom is -0.508 e. The molecule has 11 heteroatoms. The van der Waals surface area contributed by atoms with Gasteiger partial charge in [0, 0.05) is 31.9 Å². The maximum absolute atomic E-state index is 13.5. The van der Waals surface area contributed by atoms with Crippen molar-refractivity contribution in [1.82, 2.24) is 4.98 Å². The molecule has 1 amide bonds. The average molecular weight is 477 g/mol. The van der Waals surface area contributed by atoms with E-state index in [0.29, 0.717) is 18.7 Å². The highest BCUT2D eigenvalue weighted by Gasteiger charge is 2.36. The van der Waals surface area contributed by atoms with Crippen molar-refractivity contribution in [2.24, 2.45) is 11.1 Å². The standard InChI is InChI=1S/C21H21FN4O4S2/c1-12-20(32(23,29)30)31-21(24-12)25(2)19(28)15-10-26(11-15)17-5-3-13(4-6-17)14-7-16(22)9-18(27)8-14/h3-9,15,27H,10-11H2,1-2H3,(H2,23,29,30). The number of sulfonamides is 1. The lowest BCUT2D eigenvalue weighted by molar-refractivity contribution is -0.122. The van der Waals surface area contributed by atoms with E-state index >= 15 is 0 Å². The van der Waals surface area contributed by atoms with Crippen molar-refractivity contribution in [2.75, 3.05) is 29.9 Å². The Hall–Kier alpha value is -3.02. The number of primary sulfonamides is 1. The van der Waals surface area contributed by atoms with Crippen LogP contribution in [0.25, 0.3) is 11.1 Å². The summed E-state index contributed by atoms with van der Waals surface area (Å²) in [7, 11) is -2.31. The number of phenolic OH excluding ortho intramolecular Hbond substituents is 1. The number of halogens is 1. The highest BCUT2D eigenvalue weighted by atomic mass is 32.2. The molecular formula is C21H21FN4O4S2. The zero-order chi connectivity index (χ0) is 23.2. The van der Waals surface area contributed by atoms with Gasteiger partial charge in [-0.3, -0.25) is 9.69 Å². The van der Waals surface area contributed by atoms with E-state index in [1.54, 1.807) is 7.05 Å². The van der Waals surface area contributed by atoms with Crippen molar-refractivity contribution >= 4 is 38.1 Å². The van der Waals surface area contributed by atoms with Crippen LogP contribution in [-0.4, -0.2) is 44.6 Å². The van der Waals surface area contributed by atoms with Gasteiger partial charge < -0.3 is 10.0 Å². The summed E-state index contributed by atoms with van der Waals surface area (Å²) in [6.07, 6.45) is 0. The summed E-state index contributed by atoms with van der Waals surface area (Å²) in [5.41, 5.74) is 2.53. The van der Waals surface area contributed by atoms with Crippen LogP contribution in [0.1, 0.15) is 5.69 Å². The summed E-state index contributed by atoms with van der Waals surface area (Å²) < 4.78 is 36.7. The Kier molecular flexibility index (Phi) is 5.65. The van der Waals surface area contributed by atoms with Gasteiger partial charge in [0.25, 0.3) is 0 Å². The van der Waals surface area contributed by atoms with Crippen molar-refractivity contribution in [2.45, 2.75) is 11.1 Å². The summed E-state index contributed by atoms with van der Waals surface area (Å²) in [4.78, 5) is 20.4. The minimum absolute atomic E-state index is 0.0471. The molecule has 0 atom stereocenters. The fourth-order valence-electron chi connectivity index (χ4n) is 3.60. The fraction of sp³-hybridized carbons (Fsp3) is 0.238. The lowest BCUT2D eigenvalue weighted by Crippen LogP contribution is -2.54. The molecule has 4 rings (SSSR count). The molecular weight excluding hydrogens is 455 g/mol. The van der Waals surface area contributed by atoms with Crippen LogP contribution in [0.3, 0.4) is 0 Å². The second-order valence-corrected chi connectivity index (χ2v) is 10.4. The number of hydrogen-bond donors (Lipinski definition) is 2. The van der Waals surface area contributed by atoms with Crippen molar-refractivity contribution < 1.29 is 22.7 Å². The SMILES string of the molecule is Cc1nc(N(C)C(=O)C2CN(c3ccc(-c4cc(O)cc(F)c4)cc3)C2)sc1S(N)(=O)=O. The largest absolute Gasteiger partial charge is 0.508 e. The Labute approximate surface area is 188 Å². The van der Waals surface area contributed by atoms with Crippen LogP contribution in [-0.2, 0) is 14.8 Å². The molecule has 1 aliphatic heterocycles. The van der Waals surface area contributed by atoms with Crippen molar-refractivity contribution in [3.05, 3.63) is 54.0 Å². The molecule has 1 aliphatic rings. The number of thiazole rings is 1. The van der Waals surface area contributed by atoms with Crippen LogP contribution in [0.15, 0.2) is 46.7 Å². The van der Waals surface area contributed by atoms with Gasteiger partial charge in [-0.25, -0.2) is 22.9 Å². The fourth-order valence-corrected chi connectivity index (χ4v) is 5.51. The number of aryl methyl sites for hydroxylation is 1. The van der Waals surface area contributed by atoms with Crippen molar-refractivity contribution in [3.8, 4) is 16.9 Å². The number of aromatic nitrogens is 1. The van der Waals surface area contributed by atoms with Crippen LogP contribution >= 0.6 is 11.3 Å². The second kappa shape index (κ2) is 8.15. The molecule has 0 radical (unpaired) electrons. The van der Waals surface area contributed by atoms with Gasteiger partial charge in [-0.05, 0) is 42.3 Å². The Balaban J connectivity index is 1.41. The average Bonchev–Trinajstić information content (AvgIpc) is 3.08. The normalized spacial score (nSPS) is 14.3. The van der Waals surface area contributed by atoms with Gasteiger partial charge in [0.05, 0.1) is 11.6 Å². The van der Waals surface area contributed by atoms with Gasteiger partial charge in [-0.2, -0.15) is 0 Å². The predicted octanol–water partition coefficient (Wildman–Crippen LogP) is 2.71. The van der Waals surface area contributed by atoms with Gasteiger partial charge in [-0.15, -0.1) is 0 Å². The lowest BCUT2D eigenvalue weighted by Gasteiger charge is -2.41. The molecule has 1 saturated heterocycles. The number of amides is 1. The first-order valence-electron chi connectivity index (χ1n) is 9.65. The Morgan fingerprint density at radius 3 is 2.44 bits per heavy atom. The topological polar surface area (TPSA) is 117 Å². The molecule has 8 nitrogen and oxygen atoms in total. The van der Waals surface area contributed by atoms with E-state index in [1.807, 2.05) is 29.2 Å². The van der Waals surface area contributed by atoms with E-state index in [9.17, 15) is 22.7 Å². The summed E-state index contributed by atoms with van der Waals surface area (Å²) in [6, 6.07) is 11.3. The van der Waals surface area contributed by atoms with E-state index in [0.717, 1.165) is 28.7 Å². The molecule has 0 bridgehead atoms. The molecule has 1 aromatic heterocycles. The van der Waals surface area contributed by atoms with Gasteiger partial charge in [0.1, 0.15) is 11.6 Å². The van der Waals surface area contributed by atoms with Crippen molar-refractivity contribution in [1.29, 1.82) is 0 Å². The summed E-state index contributed by atoms with van der Waals surface area (Å²) >= 11 is 0.876. The van der Waals surface area contributed by atoms with Gasteiger partial charge >= 0.3 is 0 Å². The third-order valence-corrected chi connectivity index (χ3v) is 8.09. The monoisotopic (exact) mass is 476 g/mol. The number of rotatable bonds is 5. The zero-order valence-corrected chi connectivity index (χ0v) is 19.0. The third-order valence-electron chi connectivity index (χ3n) is 5.30. The van der Waals surface area contributed by atoms with E-state index in [4.69, 9.17) is 5.14 Å². The van der Waals surface area contributed by atoms with Crippen LogP contribution in [0.4, 0.5) is 15.2 Å². The van der Waals surface area contributed by atoms with E-state index in [-0.39, 0.29) is 32.6 Å². The quantitative estimate of drug-likeness (QED) is 0.585. The van der Waals surface area contributed by atoms with Gasteiger partial charge in [-0.1, -0.05) is 23.5 Å². The maximum Gasteiger partial charge on any atom is 0.249 e. The molecule has 1 fully saturated rings. The zero-order valence-electron chi connectivity index (χ0n) is 17.3. The molecule has 168 valence electrons. The summed E-state index contributed by atoms with van der Waals surface area (Å²) in [5, 5.41) is 15.1. The third kappa shape index (κ3) is 4.31.